The summed E-state index contributed by atoms with van der Waals surface area (Å²) in [6, 6.07) is 9.45. The summed E-state index contributed by atoms with van der Waals surface area (Å²) in [6.45, 7) is 6.85. The van der Waals surface area contributed by atoms with E-state index in [2.05, 4.69) is 24.0 Å². The lowest BCUT2D eigenvalue weighted by atomic mass is 9.96. The van der Waals surface area contributed by atoms with Crippen LogP contribution >= 0.6 is 23.1 Å². The molecule has 1 aromatic carbocycles. The molecule has 10 heteroatoms. The third kappa shape index (κ3) is 3.85. The molecule has 0 radical (unpaired) electrons. The van der Waals surface area contributed by atoms with Crippen LogP contribution in [-0.4, -0.2) is 43.6 Å². The maximum atomic E-state index is 13.9. The van der Waals surface area contributed by atoms with Gasteiger partial charge in [0.2, 0.25) is 5.78 Å². The minimum absolute atomic E-state index is 0.0640. The summed E-state index contributed by atoms with van der Waals surface area (Å²) in [4.78, 5) is 27.7. The van der Waals surface area contributed by atoms with Gasteiger partial charge in [-0.3, -0.25) is 9.59 Å². The van der Waals surface area contributed by atoms with E-state index in [1.54, 1.807) is 11.5 Å². The summed E-state index contributed by atoms with van der Waals surface area (Å²) in [5.74, 6) is 0.568. The van der Waals surface area contributed by atoms with Gasteiger partial charge in [-0.2, -0.15) is 0 Å². The van der Waals surface area contributed by atoms with Crippen molar-refractivity contribution >= 4 is 45.1 Å². The number of aromatic nitrogens is 4. The molecule has 0 bridgehead atoms. The van der Waals surface area contributed by atoms with Crippen LogP contribution in [0.5, 0.6) is 0 Å². The molecule has 1 aliphatic heterocycles. The highest BCUT2D eigenvalue weighted by atomic mass is 32.2. The first-order valence-corrected chi connectivity index (χ1v) is 12.7. The molecule has 33 heavy (non-hydrogen) atoms. The number of carbonyl (C=O) groups excluding carboxylic acids is 1. The average Bonchev–Trinajstić information content (AvgIpc) is 3.39. The van der Waals surface area contributed by atoms with Crippen molar-refractivity contribution in [1.82, 2.24) is 19.2 Å². The van der Waals surface area contributed by atoms with Crippen molar-refractivity contribution < 1.29 is 14.3 Å². The molecule has 0 aliphatic carbocycles. The van der Waals surface area contributed by atoms with Crippen LogP contribution in [0, 0.1) is 5.92 Å². The van der Waals surface area contributed by atoms with Gasteiger partial charge in [-0.1, -0.05) is 43.8 Å². The number of nitrogens with zero attached hydrogens (tertiary/aromatic N) is 4. The molecule has 1 atom stereocenters. The quantitative estimate of drug-likeness (QED) is 0.303. The molecule has 4 aromatic rings. The lowest BCUT2D eigenvalue weighted by Crippen LogP contribution is -2.28. The van der Waals surface area contributed by atoms with Gasteiger partial charge in [0.25, 0.3) is 5.56 Å². The third-order valence-electron chi connectivity index (χ3n) is 5.72. The number of benzene rings is 1. The summed E-state index contributed by atoms with van der Waals surface area (Å²) in [5.41, 5.74) is 1.66. The van der Waals surface area contributed by atoms with Crippen LogP contribution in [0.4, 0.5) is 0 Å². The maximum absolute atomic E-state index is 13.9. The molecule has 3 aromatic heterocycles. The second-order valence-corrected chi connectivity index (χ2v) is 10.2. The van der Waals surface area contributed by atoms with Crippen molar-refractivity contribution in [3.63, 3.8) is 0 Å². The van der Waals surface area contributed by atoms with Crippen LogP contribution in [0.25, 0.3) is 21.7 Å². The maximum Gasteiger partial charge on any atom is 0.316 e. The van der Waals surface area contributed by atoms with Gasteiger partial charge in [0.05, 0.1) is 36.1 Å². The van der Waals surface area contributed by atoms with Crippen LogP contribution in [0.2, 0.25) is 0 Å². The fourth-order valence-corrected chi connectivity index (χ4v) is 6.13. The monoisotopic (exact) mass is 484 g/mol. The zero-order valence-electron chi connectivity index (χ0n) is 18.6. The first-order valence-electron chi connectivity index (χ1n) is 10.9. The molecule has 0 unspecified atom stereocenters. The van der Waals surface area contributed by atoms with Gasteiger partial charge in [-0.25, -0.2) is 8.97 Å². The number of rotatable bonds is 6. The summed E-state index contributed by atoms with van der Waals surface area (Å²) < 4.78 is 14.6. The summed E-state index contributed by atoms with van der Waals surface area (Å²) in [6.07, 6.45) is 0.754. The van der Waals surface area contributed by atoms with E-state index in [4.69, 9.17) is 9.47 Å². The molecule has 0 saturated heterocycles. The van der Waals surface area contributed by atoms with Gasteiger partial charge in [0.15, 0.2) is 5.16 Å². The van der Waals surface area contributed by atoms with Gasteiger partial charge in [0.1, 0.15) is 4.83 Å². The number of carbonyl (C=O) groups is 1. The second kappa shape index (κ2) is 8.92. The zero-order valence-corrected chi connectivity index (χ0v) is 20.2. The number of thiophene rings is 1. The van der Waals surface area contributed by atoms with Gasteiger partial charge >= 0.3 is 5.97 Å². The molecule has 172 valence electrons. The molecule has 0 N–H and O–H groups in total. The number of hydrogen-bond donors (Lipinski definition) is 0. The Labute approximate surface area is 198 Å². The summed E-state index contributed by atoms with van der Waals surface area (Å²) >= 11 is 2.79. The van der Waals surface area contributed by atoms with Gasteiger partial charge in [0, 0.05) is 11.3 Å². The number of esters is 1. The Morgan fingerprint density at radius 3 is 2.82 bits per heavy atom. The van der Waals surface area contributed by atoms with E-state index < -0.39 is 0 Å². The fraction of sp³-hybridized carbons (Fsp3) is 0.391. The van der Waals surface area contributed by atoms with Crippen LogP contribution in [-0.2, 0) is 27.3 Å². The number of ether oxygens (including phenoxy) is 2. The molecule has 1 aliphatic rings. The smallest absolute Gasteiger partial charge is 0.316 e. The van der Waals surface area contributed by atoms with Crippen molar-refractivity contribution in [2.45, 2.75) is 45.1 Å². The number of thioether (sulfide) groups is 1. The Balaban J connectivity index is 1.76. The lowest BCUT2D eigenvalue weighted by Gasteiger charge is -2.26. The van der Waals surface area contributed by atoms with Gasteiger partial charge in [-0.15, -0.1) is 21.5 Å². The van der Waals surface area contributed by atoms with Crippen molar-refractivity contribution in [3.8, 4) is 5.69 Å². The number of para-hydroxylation sites is 1. The normalized spacial score (nSPS) is 15.9. The van der Waals surface area contributed by atoms with Crippen molar-refractivity contribution in [3.05, 3.63) is 51.1 Å². The Bertz CT molecular complexity index is 1390. The standard InChI is InChI=1S/C23H24N4O4S2/c1-4-30-18(28)12-32-23-25-24-22-26(14-8-6-5-7-9-14)20(29)19-15-10-16(13(2)3)31-11-17(15)33-21(19)27(22)23/h5-9,13,16H,4,10-12H2,1-3H3/t16-/m0/s1. The predicted octanol–water partition coefficient (Wildman–Crippen LogP) is 3.85. The van der Waals surface area contributed by atoms with Crippen LogP contribution in [0.1, 0.15) is 31.2 Å². The molecule has 4 heterocycles. The third-order valence-corrected chi connectivity index (χ3v) is 7.82. The van der Waals surface area contributed by atoms with Crippen LogP contribution < -0.4 is 5.56 Å². The van der Waals surface area contributed by atoms with E-state index in [0.717, 1.165) is 21.0 Å². The van der Waals surface area contributed by atoms with Crippen LogP contribution in [0.3, 0.4) is 0 Å². The zero-order chi connectivity index (χ0) is 23.1. The minimum Gasteiger partial charge on any atom is -0.465 e. The first kappa shape index (κ1) is 22.1. The predicted molar refractivity (Wildman–Crippen MR) is 128 cm³/mol. The second-order valence-electron chi connectivity index (χ2n) is 8.17. The molecular weight excluding hydrogens is 460 g/mol. The Kier molecular flexibility index (Phi) is 5.98. The van der Waals surface area contributed by atoms with E-state index in [9.17, 15) is 9.59 Å². The van der Waals surface area contributed by atoms with E-state index in [-0.39, 0.29) is 23.4 Å². The SMILES string of the molecule is CCOC(=O)CSc1nnc2n(-c3ccccc3)c(=O)c3c4c(sc3n12)CO[C@H](C(C)C)C4. The molecular formula is C23H24N4O4S2. The molecule has 0 fully saturated rings. The Morgan fingerprint density at radius 1 is 1.30 bits per heavy atom. The molecule has 0 spiro atoms. The Hall–Kier alpha value is -2.69. The van der Waals surface area contributed by atoms with E-state index in [1.165, 1.54) is 23.1 Å². The highest BCUT2D eigenvalue weighted by Gasteiger charge is 2.30. The number of hydrogen-bond acceptors (Lipinski definition) is 8. The number of fused-ring (bicyclic) bond motifs is 5. The van der Waals surface area contributed by atoms with E-state index >= 15 is 0 Å². The summed E-state index contributed by atoms with van der Waals surface area (Å²) in [5, 5.41) is 9.92. The summed E-state index contributed by atoms with van der Waals surface area (Å²) in [7, 11) is 0. The Morgan fingerprint density at radius 2 is 2.09 bits per heavy atom. The highest BCUT2D eigenvalue weighted by molar-refractivity contribution is 7.99. The topological polar surface area (TPSA) is 87.7 Å². The van der Waals surface area contributed by atoms with Crippen molar-refractivity contribution in [1.29, 1.82) is 0 Å². The molecule has 0 amide bonds. The van der Waals surface area contributed by atoms with Crippen molar-refractivity contribution in [2.24, 2.45) is 5.92 Å². The van der Waals surface area contributed by atoms with Crippen molar-refractivity contribution in [2.75, 3.05) is 12.4 Å². The van der Waals surface area contributed by atoms with E-state index in [0.29, 0.717) is 41.9 Å². The minimum atomic E-state index is -0.314. The van der Waals surface area contributed by atoms with Gasteiger partial charge in [-0.05, 0) is 30.5 Å². The fourth-order valence-electron chi connectivity index (χ4n) is 4.10. The van der Waals surface area contributed by atoms with Crippen LogP contribution in [0.15, 0.2) is 40.3 Å². The van der Waals surface area contributed by atoms with Gasteiger partial charge < -0.3 is 9.47 Å². The molecule has 5 rings (SSSR count). The average molecular weight is 485 g/mol. The highest BCUT2D eigenvalue weighted by Crippen LogP contribution is 2.37. The molecule has 0 saturated carbocycles. The van der Waals surface area contributed by atoms with E-state index in [1.807, 2.05) is 34.7 Å². The lowest BCUT2D eigenvalue weighted by molar-refractivity contribution is -0.139. The largest absolute Gasteiger partial charge is 0.465 e. The molecule has 8 nitrogen and oxygen atoms in total. The first-order chi connectivity index (χ1) is 16.0.